The summed E-state index contributed by atoms with van der Waals surface area (Å²) in [4.78, 5) is 16.6. The summed E-state index contributed by atoms with van der Waals surface area (Å²) >= 11 is 6.69. The van der Waals surface area contributed by atoms with Gasteiger partial charge in [-0.25, -0.2) is 18.6 Å². The molecule has 1 atom stereocenters. The summed E-state index contributed by atoms with van der Waals surface area (Å²) in [5.74, 6) is -1.37. The highest BCUT2D eigenvalue weighted by molar-refractivity contribution is 9.11. The van der Waals surface area contributed by atoms with Crippen molar-refractivity contribution in [1.82, 2.24) is 10.3 Å². The van der Waals surface area contributed by atoms with Crippen molar-refractivity contribution in [2.24, 2.45) is 0 Å². The third-order valence-electron chi connectivity index (χ3n) is 3.22. The average Bonchev–Trinajstić information content (AvgIpc) is 2.46. The number of halogens is 4. The first-order valence-corrected chi connectivity index (χ1v) is 9.38. The number of aromatic nitrogens is 1. The molecule has 1 heterocycles. The molecule has 0 aliphatic heterocycles. The Morgan fingerprint density at radius 1 is 1.19 bits per heavy atom. The first-order valence-electron chi connectivity index (χ1n) is 7.80. The molecule has 1 amide bonds. The molecule has 1 unspecified atom stereocenters. The number of rotatable bonds is 4. The summed E-state index contributed by atoms with van der Waals surface area (Å²) in [5, 5.41) is 2.73. The molecule has 26 heavy (non-hydrogen) atoms. The minimum absolute atomic E-state index is 0.135. The zero-order chi connectivity index (χ0) is 19.5. The smallest absolute Gasteiger partial charge is 0.408 e. The van der Waals surface area contributed by atoms with E-state index in [1.807, 2.05) is 0 Å². The third-order valence-corrected chi connectivity index (χ3v) is 4.33. The van der Waals surface area contributed by atoms with Gasteiger partial charge in [0.25, 0.3) is 0 Å². The van der Waals surface area contributed by atoms with Crippen LogP contribution >= 0.6 is 31.9 Å². The van der Waals surface area contributed by atoms with E-state index in [1.54, 1.807) is 32.9 Å². The van der Waals surface area contributed by atoms with Gasteiger partial charge in [0.1, 0.15) is 21.8 Å². The van der Waals surface area contributed by atoms with E-state index >= 15 is 0 Å². The lowest BCUT2D eigenvalue weighted by molar-refractivity contribution is 0.0502. The summed E-state index contributed by atoms with van der Waals surface area (Å²) in [6.45, 7) is 5.24. The number of pyridine rings is 1. The SMILES string of the molecule is CC(C)(C)OC(=O)NC(Cc1cc(F)cc(F)c1)c1nc(Br)ccc1Br. The largest absolute Gasteiger partial charge is 0.444 e. The molecule has 2 rings (SSSR count). The molecular formula is C18H18Br2F2N2O2. The third kappa shape index (κ3) is 6.32. The minimum atomic E-state index is -0.683. The standard InChI is InChI=1S/C18H18Br2F2N2O2/c1-18(2,3)26-17(25)23-14(16-13(19)4-5-15(20)24-16)8-10-6-11(21)9-12(22)7-10/h4-7,9,14H,8H2,1-3H3,(H,23,25). The molecular weight excluding hydrogens is 474 g/mol. The van der Waals surface area contributed by atoms with Crippen LogP contribution in [0.15, 0.2) is 39.4 Å². The van der Waals surface area contributed by atoms with Crippen LogP contribution in [0.3, 0.4) is 0 Å². The van der Waals surface area contributed by atoms with Gasteiger partial charge in [-0.2, -0.15) is 0 Å². The Morgan fingerprint density at radius 3 is 2.38 bits per heavy atom. The summed E-state index contributed by atoms with van der Waals surface area (Å²) in [6, 6.07) is 6.09. The van der Waals surface area contributed by atoms with E-state index in [2.05, 4.69) is 42.2 Å². The predicted octanol–water partition coefficient (Wildman–Crippen LogP) is 5.69. The van der Waals surface area contributed by atoms with E-state index in [-0.39, 0.29) is 6.42 Å². The van der Waals surface area contributed by atoms with Crippen molar-refractivity contribution in [3.63, 3.8) is 0 Å². The Bertz CT molecular complexity index is 790. The Morgan fingerprint density at radius 2 is 1.81 bits per heavy atom. The number of amides is 1. The molecule has 4 nitrogen and oxygen atoms in total. The van der Waals surface area contributed by atoms with Crippen molar-refractivity contribution >= 4 is 38.0 Å². The van der Waals surface area contributed by atoms with Gasteiger partial charge in [0.15, 0.2) is 0 Å². The average molecular weight is 492 g/mol. The lowest BCUT2D eigenvalue weighted by Crippen LogP contribution is -2.36. The van der Waals surface area contributed by atoms with Crippen LogP contribution < -0.4 is 5.32 Å². The molecule has 0 radical (unpaired) electrons. The van der Waals surface area contributed by atoms with Crippen molar-refractivity contribution in [2.75, 3.05) is 0 Å². The minimum Gasteiger partial charge on any atom is -0.444 e. The second-order valence-corrected chi connectivity index (χ2v) is 8.35. The number of carbonyl (C=O) groups excluding carboxylic acids is 1. The molecule has 0 fully saturated rings. The van der Waals surface area contributed by atoms with Gasteiger partial charge in [-0.15, -0.1) is 0 Å². The number of nitrogens with zero attached hydrogens (tertiary/aromatic N) is 1. The number of nitrogens with one attached hydrogen (secondary N) is 1. The van der Waals surface area contributed by atoms with Crippen LogP contribution in [0.2, 0.25) is 0 Å². The number of hydrogen-bond donors (Lipinski definition) is 1. The maximum Gasteiger partial charge on any atom is 0.408 e. The second kappa shape index (κ2) is 8.43. The Kier molecular flexibility index (Phi) is 6.74. The van der Waals surface area contributed by atoms with Crippen LogP contribution in [-0.2, 0) is 11.2 Å². The summed E-state index contributed by atoms with van der Waals surface area (Å²) in [6.07, 6.45) is -0.510. The van der Waals surface area contributed by atoms with Crippen LogP contribution in [0.25, 0.3) is 0 Å². The highest BCUT2D eigenvalue weighted by Gasteiger charge is 2.24. The van der Waals surface area contributed by atoms with E-state index in [9.17, 15) is 13.6 Å². The molecule has 140 valence electrons. The lowest BCUT2D eigenvalue weighted by Gasteiger charge is -2.24. The van der Waals surface area contributed by atoms with Crippen LogP contribution in [0.5, 0.6) is 0 Å². The molecule has 1 N–H and O–H groups in total. The van der Waals surface area contributed by atoms with E-state index in [1.165, 1.54) is 12.1 Å². The Labute approximate surface area is 167 Å². The molecule has 0 aliphatic carbocycles. The molecule has 0 bridgehead atoms. The molecule has 1 aromatic carbocycles. The fourth-order valence-corrected chi connectivity index (χ4v) is 3.13. The monoisotopic (exact) mass is 490 g/mol. The quantitative estimate of drug-likeness (QED) is 0.558. The molecule has 0 saturated heterocycles. The molecule has 0 spiro atoms. The van der Waals surface area contributed by atoms with E-state index in [0.29, 0.717) is 20.3 Å². The van der Waals surface area contributed by atoms with Gasteiger partial charge in [-0.3, -0.25) is 0 Å². The highest BCUT2D eigenvalue weighted by Crippen LogP contribution is 2.27. The van der Waals surface area contributed by atoms with Crippen molar-refractivity contribution in [3.05, 3.63) is 62.3 Å². The molecule has 8 heteroatoms. The van der Waals surface area contributed by atoms with Gasteiger partial charge < -0.3 is 10.1 Å². The zero-order valence-corrected chi connectivity index (χ0v) is 17.6. The van der Waals surface area contributed by atoms with Crippen LogP contribution in [0.4, 0.5) is 13.6 Å². The van der Waals surface area contributed by atoms with Crippen molar-refractivity contribution < 1.29 is 18.3 Å². The van der Waals surface area contributed by atoms with Gasteiger partial charge in [0.2, 0.25) is 0 Å². The van der Waals surface area contributed by atoms with Gasteiger partial charge in [-0.1, -0.05) is 0 Å². The Hall–Kier alpha value is -1.54. The van der Waals surface area contributed by atoms with E-state index < -0.39 is 29.4 Å². The van der Waals surface area contributed by atoms with Crippen molar-refractivity contribution in [1.29, 1.82) is 0 Å². The predicted molar refractivity (Wildman–Crippen MR) is 102 cm³/mol. The number of hydrogen-bond acceptors (Lipinski definition) is 3. The Balaban J connectivity index is 2.34. The number of ether oxygens (including phenoxy) is 1. The molecule has 0 aliphatic rings. The number of alkyl carbamates (subject to hydrolysis) is 1. The van der Waals surface area contributed by atoms with Crippen LogP contribution in [0.1, 0.15) is 38.1 Å². The van der Waals surface area contributed by atoms with Crippen LogP contribution in [0, 0.1) is 11.6 Å². The zero-order valence-electron chi connectivity index (χ0n) is 14.4. The molecule has 1 aromatic heterocycles. The number of benzene rings is 1. The first-order chi connectivity index (χ1) is 12.0. The summed E-state index contributed by atoms with van der Waals surface area (Å²) < 4.78 is 33.6. The first kappa shape index (κ1) is 20.8. The van der Waals surface area contributed by atoms with E-state index in [4.69, 9.17) is 4.74 Å². The van der Waals surface area contributed by atoms with E-state index in [0.717, 1.165) is 6.07 Å². The normalized spacial score (nSPS) is 12.6. The topological polar surface area (TPSA) is 51.2 Å². The summed E-state index contributed by atoms with van der Waals surface area (Å²) in [7, 11) is 0. The summed E-state index contributed by atoms with van der Waals surface area (Å²) in [5.41, 5.74) is 0.216. The maximum atomic E-state index is 13.5. The van der Waals surface area contributed by atoms with Gasteiger partial charge in [-0.05, 0) is 88.9 Å². The maximum absolute atomic E-state index is 13.5. The second-order valence-electron chi connectivity index (χ2n) is 6.68. The highest BCUT2D eigenvalue weighted by atomic mass is 79.9. The fourth-order valence-electron chi connectivity index (χ4n) is 2.31. The molecule has 2 aromatic rings. The van der Waals surface area contributed by atoms with Gasteiger partial charge in [0, 0.05) is 10.5 Å². The van der Waals surface area contributed by atoms with Crippen molar-refractivity contribution in [2.45, 2.75) is 38.8 Å². The lowest BCUT2D eigenvalue weighted by atomic mass is 10.0. The number of carbonyl (C=O) groups is 1. The molecule has 0 saturated carbocycles. The van der Waals surface area contributed by atoms with Gasteiger partial charge in [0.05, 0.1) is 11.7 Å². The fraction of sp³-hybridized carbons (Fsp3) is 0.333. The van der Waals surface area contributed by atoms with Gasteiger partial charge >= 0.3 is 6.09 Å². The van der Waals surface area contributed by atoms with Crippen LogP contribution in [-0.4, -0.2) is 16.7 Å². The van der Waals surface area contributed by atoms with Crippen molar-refractivity contribution in [3.8, 4) is 0 Å².